The fraction of sp³-hybridized carbons (Fsp3) is 0.500. The molecular formula is C14H20FN3O2S. The molecule has 0 amide bonds. The first-order valence-corrected chi connectivity index (χ1v) is 8.86. The molecule has 0 aliphatic rings. The van der Waals surface area contributed by atoms with Crippen molar-refractivity contribution in [1.29, 1.82) is 0 Å². The predicted molar refractivity (Wildman–Crippen MR) is 81.3 cm³/mol. The van der Waals surface area contributed by atoms with Crippen molar-refractivity contribution in [2.24, 2.45) is 5.73 Å². The van der Waals surface area contributed by atoms with E-state index in [1.807, 2.05) is 18.4 Å². The summed E-state index contributed by atoms with van der Waals surface area (Å²) in [7, 11) is -3.09. The Morgan fingerprint density at radius 2 is 2.05 bits per heavy atom. The van der Waals surface area contributed by atoms with Crippen molar-refractivity contribution in [3.8, 4) is 0 Å². The monoisotopic (exact) mass is 313 g/mol. The zero-order chi connectivity index (χ0) is 15.8. The number of nitrogens with zero attached hydrogens (tertiary/aromatic N) is 2. The molecule has 2 aromatic rings. The molecule has 0 fully saturated rings. The number of imidazole rings is 1. The number of nitrogens with two attached hydrogens (primary N) is 1. The normalized spacial score (nSPS) is 14.0. The van der Waals surface area contributed by atoms with Gasteiger partial charge in [0.25, 0.3) is 0 Å². The first-order chi connectivity index (χ1) is 9.70. The van der Waals surface area contributed by atoms with Gasteiger partial charge in [-0.3, -0.25) is 0 Å². The van der Waals surface area contributed by atoms with Crippen molar-refractivity contribution >= 4 is 20.9 Å². The van der Waals surface area contributed by atoms with Crippen LogP contribution in [0, 0.1) is 5.82 Å². The second-order valence-corrected chi connectivity index (χ2v) is 7.83. The highest BCUT2D eigenvalue weighted by molar-refractivity contribution is 7.90. The van der Waals surface area contributed by atoms with Gasteiger partial charge in [0.15, 0.2) is 5.82 Å². The van der Waals surface area contributed by atoms with Gasteiger partial charge < -0.3 is 10.3 Å². The highest BCUT2D eigenvalue weighted by atomic mass is 32.2. The molecule has 5 nitrogen and oxygen atoms in total. The van der Waals surface area contributed by atoms with Crippen LogP contribution < -0.4 is 5.73 Å². The molecule has 7 heteroatoms. The van der Waals surface area contributed by atoms with E-state index in [-0.39, 0.29) is 23.7 Å². The van der Waals surface area contributed by atoms with Crippen LogP contribution in [-0.4, -0.2) is 30.0 Å². The van der Waals surface area contributed by atoms with Gasteiger partial charge in [0.1, 0.15) is 21.2 Å². The van der Waals surface area contributed by atoms with Gasteiger partial charge in [0, 0.05) is 12.3 Å². The number of aromatic nitrogens is 2. The Kier molecular flexibility index (Phi) is 4.34. The number of benzene rings is 1. The van der Waals surface area contributed by atoms with Gasteiger partial charge in [0.05, 0.1) is 17.3 Å². The van der Waals surface area contributed by atoms with E-state index in [0.29, 0.717) is 11.3 Å². The van der Waals surface area contributed by atoms with Crippen molar-refractivity contribution in [3.63, 3.8) is 0 Å². The van der Waals surface area contributed by atoms with Crippen LogP contribution in [0.15, 0.2) is 18.2 Å². The Morgan fingerprint density at radius 1 is 1.38 bits per heavy atom. The Balaban J connectivity index is 2.47. The van der Waals surface area contributed by atoms with Crippen molar-refractivity contribution in [1.82, 2.24) is 9.55 Å². The first-order valence-electron chi connectivity index (χ1n) is 6.80. The molecule has 0 saturated heterocycles. The number of hydrogen-bond donors (Lipinski definition) is 1. The number of para-hydroxylation sites is 1. The Bertz CT molecular complexity index is 753. The van der Waals surface area contributed by atoms with Gasteiger partial charge in [-0.25, -0.2) is 17.8 Å². The lowest BCUT2D eigenvalue weighted by molar-refractivity contribution is 0.531. The Labute approximate surface area is 123 Å². The minimum Gasteiger partial charge on any atom is -0.324 e. The lowest BCUT2D eigenvalue weighted by Crippen LogP contribution is -2.20. The van der Waals surface area contributed by atoms with Crippen molar-refractivity contribution in [3.05, 3.63) is 29.8 Å². The highest BCUT2D eigenvalue weighted by Crippen LogP contribution is 2.27. The third-order valence-electron chi connectivity index (χ3n) is 3.35. The molecule has 21 heavy (non-hydrogen) atoms. The van der Waals surface area contributed by atoms with Crippen LogP contribution in [0.2, 0.25) is 0 Å². The second kappa shape index (κ2) is 5.73. The number of fused-ring (bicyclic) bond motifs is 1. The zero-order valence-corrected chi connectivity index (χ0v) is 13.2. The SMILES string of the molecule is CC(C)n1c(C(N)CCS(C)(=O)=O)nc2c(F)cccc21. The largest absolute Gasteiger partial charge is 0.324 e. The average molecular weight is 313 g/mol. The second-order valence-electron chi connectivity index (χ2n) is 5.57. The van der Waals surface area contributed by atoms with E-state index in [1.165, 1.54) is 12.3 Å². The molecule has 2 N–H and O–H groups in total. The maximum Gasteiger partial charge on any atom is 0.151 e. The maximum absolute atomic E-state index is 13.9. The van der Waals surface area contributed by atoms with Crippen LogP contribution in [0.4, 0.5) is 4.39 Å². The Hall–Kier alpha value is -1.47. The molecule has 0 aliphatic heterocycles. The molecule has 1 heterocycles. The van der Waals surface area contributed by atoms with Crippen molar-refractivity contribution in [2.45, 2.75) is 32.4 Å². The summed E-state index contributed by atoms with van der Waals surface area (Å²) in [5, 5.41) is 0. The summed E-state index contributed by atoms with van der Waals surface area (Å²) in [5.74, 6) is 0.106. The molecule has 1 aromatic heterocycles. The van der Waals surface area contributed by atoms with Crippen LogP contribution in [0.1, 0.15) is 38.2 Å². The van der Waals surface area contributed by atoms with E-state index in [0.717, 1.165) is 0 Å². The maximum atomic E-state index is 13.9. The molecular weight excluding hydrogens is 293 g/mol. The molecule has 0 radical (unpaired) electrons. The van der Waals surface area contributed by atoms with E-state index in [4.69, 9.17) is 5.73 Å². The summed E-state index contributed by atoms with van der Waals surface area (Å²) in [4.78, 5) is 4.30. The topological polar surface area (TPSA) is 78.0 Å². The summed E-state index contributed by atoms with van der Waals surface area (Å²) in [5.41, 5.74) is 7.03. The van der Waals surface area contributed by atoms with Crippen molar-refractivity contribution < 1.29 is 12.8 Å². The summed E-state index contributed by atoms with van der Waals surface area (Å²) in [6.07, 6.45) is 1.43. The lowest BCUT2D eigenvalue weighted by Gasteiger charge is -2.17. The van der Waals surface area contributed by atoms with E-state index < -0.39 is 21.7 Å². The highest BCUT2D eigenvalue weighted by Gasteiger charge is 2.21. The van der Waals surface area contributed by atoms with E-state index in [9.17, 15) is 12.8 Å². The van der Waals surface area contributed by atoms with Crippen LogP contribution in [0.5, 0.6) is 0 Å². The molecule has 116 valence electrons. The third kappa shape index (κ3) is 3.41. The molecule has 0 spiro atoms. The standard InChI is InChI=1S/C14H20FN3O2S/c1-9(2)18-12-6-4-5-10(15)13(12)17-14(18)11(16)7-8-21(3,19)20/h4-6,9,11H,7-8,16H2,1-3H3. The number of rotatable bonds is 5. The van der Waals surface area contributed by atoms with Gasteiger partial charge in [-0.15, -0.1) is 0 Å². The van der Waals surface area contributed by atoms with Gasteiger partial charge in [-0.1, -0.05) is 6.07 Å². The predicted octanol–water partition coefficient (Wildman–Crippen LogP) is 2.19. The molecule has 1 aromatic carbocycles. The number of sulfone groups is 1. The van der Waals surface area contributed by atoms with E-state index >= 15 is 0 Å². The Morgan fingerprint density at radius 3 is 2.62 bits per heavy atom. The minimum absolute atomic E-state index is 0.0159. The van der Waals surface area contributed by atoms with Gasteiger partial charge in [-0.2, -0.15) is 0 Å². The molecule has 1 unspecified atom stereocenters. The van der Waals surface area contributed by atoms with Crippen molar-refractivity contribution in [2.75, 3.05) is 12.0 Å². The molecule has 1 atom stereocenters. The molecule has 2 rings (SSSR count). The van der Waals surface area contributed by atoms with E-state index in [1.54, 1.807) is 12.1 Å². The summed E-state index contributed by atoms with van der Waals surface area (Å²) in [6, 6.07) is 4.28. The van der Waals surface area contributed by atoms with Gasteiger partial charge in [0.2, 0.25) is 0 Å². The summed E-state index contributed by atoms with van der Waals surface area (Å²) < 4.78 is 38.3. The lowest BCUT2D eigenvalue weighted by atomic mass is 10.2. The zero-order valence-electron chi connectivity index (χ0n) is 12.4. The smallest absolute Gasteiger partial charge is 0.151 e. The van der Waals surface area contributed by atoms with Crippen LogP contribution in [-0.2, 0) is 9.84 Å². The van der Waals surface area contributed by atoms with Crippen LogP contribution >= 0.6 is 0 Å². The molecule has 0 saturated carbocycles. The molecule has 0 bridgehead atoms. The first kappa shape index (κ1) is 15.9. The molecule has 0 aliphatic carbocycles. The summed E-state index contributed by atoms with van der Waals surface area (Å²) >= 11 is 0. The minimum atomic E-state index is -3.09. The third-order valence-corrected chi connectivity index (χ3v) is 4.32. The fourth-order valence-corrected chi connectivity index (χ4v) is 3.06. The number of hydrogen-bond acceptors (Lipinski definition) is 4. The van der Waals surface area contributed by atoms with Crippen LogP contribution in [0.25, 0.3) is 11.0 Å². The number of halogens is 1. The van der Waals surface area contributed by atoms with E-state index in [2.05, 4.69) is 4.98 Å². The van der Waals surface area contributed by atoms with Gasteiger partial charge in [-0.05, 0) is 32.4 Å². The van der Waals surface area contributed by atoms with Gasteiger partial charge >= 0.3 is 0 Å². The quantitative estimate of drug-likeness (QED) is 0.918. The van der Waals surface area contributed by atoms with Crippen LogP contribution in [0.3, 0.4) is 0 Å². The average Bonchev–Trinajstić information content (AvgIpc) is 2.76. The summed E-state index contributed by atoms with van der Waals surface area (Å²) in [6.45, 7) is 3.91. The fourth-order valence-electron chi connectivity index (χ4n) is 2.38.